The molecule has 0 aliphatic carbocycles. The molecule has 0 aromatic carbocycles. The number of rotatable bonds is 7. The molecule has 1 rings (SSSR count). The molecule has 84 valence electrons. The van der Waals surface area contributed by atoms with Gasteiger partial charge in [-0.25, -0.2) is 0 Å². The largest absolute Gasteiger partial charge is 0.352 e. The zero-order chi connectivity index (χ0) is 10.9. The second kappa shape index (κ2) is 7.39. The van der Waals surface area contributed by atoms with Gasteiger partial charge in [0.05, 0.1) is 0 Å². The molecule has 1 aromatic heterocycles. The van der Waals surface area contributed by atoms with Gasteiger partial charge in [-0.3, -0.25) is 0 Å². The van der Waals surface area contributed by atoms with Gasteiger partial charge in [0.25, 0.3) is 5.95 Å². The maximum Gasteiger partial charge on any atom is 0.262 e. The normalized spacial score (nSPS) is 10.3. The van der Waals surface area contributed by atoms with Crippen LogP contribution < -0.4 is 5.32 Å². The van der Waals surface area contributed by atoms with Crippen molar-refractivity contribution in [2.45, 2.75) is 37.8 Å². The first-order chi connectivity index (χ1) is 7.36. The van der Waals surface area contributed by atoms with Crippen molar-refractivity contribution < 1.29 is 0 Å². The summed E-state index contributed by atoms with van der Waals surface area (Å²) in [6.45, 7) is 3.09. The average molecular weight is 227 g/mol. The van der Waals surface area contributed by atoms with Crippen molar-refractivity contribution in [3.05, 3.63) is 0 Å². The first-order valence-corrected chi connectivity index (χ1v) is 6.44. The van der Waals surface area contributed by atoms with Crippen LogP contribution in [-0.4, -0.2) is 33.2 Å². The van der Waals surface area contributed by atoms with Crippen LogP contribution in [0.4, 0.5) is 5.95 Å². The number of aromatic nitrogens is 4. The fourth-order valence-electron chi connectivity index (χ4n) is 1.12. The monoisotopic (exact) mass is 227 g/mol. The summed E-state index contributed by atoms with van der Waals surface area (Å²) in [5.74, 6) is 0.518. The molecular formula is C9H17N5S. The van der Waals surface area contributed by atoms with Crippen molar-refractivity contribution in [1.82, 2.24) is 20.4 Å². The Morgan fingerprint density at radius 1 is 1.07 bits per heavy atom. The van der Waals surface area contributed by atoms with E-state index in [9.17, 15) is 0 Å². The minimum Gasteiger partial charge on any atom is -0.352 e. The second-order valence-corrected chi connectivity index (χ2v) is 3.97. The summed E-state index contributed by atoms with van der Waals surface area (Å²) < 4.78 is 0. The molecule has 0 atom stereocenters. The van der Waals surface area contributed by atoms with E-state index in [0.29, 0.717) is 11.1 Å². The summed E-state index contributed by atoms with van der Waals surface area (Å²) in [5.41, 5.74) is 0. The first-order valence-electron chi connectivity index (χ1n) is 5.22. The molecule has 0 radical (unpaired) electrons. The summed E-state index contributed by atoms with van der Waals surface area (Å²) in [6.07, 6.45) is 6.82. The molecule has 0 saturated heterocycles. The van der Waals surface area contributed by atoms with Gasteiger partial charge in [-0.15, -0.1) is 20.4 Å². The highest BCUT2D eigenvalue weighted by molar-refractivity contribution is 7.98. The SMILES string of the molecule is CCCCCCNc1nnc(SC)nn1. The van der Waals surface area contributed by atoms with E-state index in [4.69, 9.17) is 0 Å². The molecule has 0 unspecified atom stereocenters. The van der Waals surface area contributed by atoms with Gasteiger partial charge in [0.1, 0.15) is 0 Å². The lowest BCUT2D eigenvalue weighted by Crippen LogP contribution is -2.08. The summed E-state index contributed by atoms with van der Waals surface area (Å²) in [5, 5.41) is 19.3. The lowest BCUT2D eigenvalue weighted by molar-refractivity contribution is 0.676. The zero-order valence-corrected chi connectivity index (χ0v) is 10.0. The number of unbranched alkanes of at least 4 members (excludes halogenated alkanes) is 3. The van der Waals surface area contributed by atoms with E-state index in [-0.39, 0.29) is 0 Å². The van der Waals surface area contributed by atoms with Crippen molar-refractivity contribution in [3.8, 4) is 0 Å². The van der Waals surface area contributed by atoms with Crippen molar-refractivity contribution in [2.75, 3.05) is 18.1 Å². The molecule has 0 spiro atoms. The molecule has 6 heteroatoms. The number of anilines is 1. The van der Waals surface area contributed by atoms with Crippen LogP contribution in [0.2, 0.25) is 0 Å². The number of thioether (sulfide) groups is 1. The van der Waals surface area contributed by atoms with E-state index in [0.717, 1.165) is 13.0 Å². The Labute approximate surface area is 94.5 Å². The van der Waals surface area contributed by atoms with Gasteiger partial charge in [-0.1, -0.05) is 37.9 Å². The summed E-state index contributed by atoms with van der Waals surface area (Å²) in [4.78, 5) is 0. The molecule has 0 fully saturated rings. The second-order valence-electron chi connectivity index (χ2n) is 3.20. The average Bonchev–Trinajstić information content (AvgIpc) is 2.30. The minimum absolute atomic E-state index is 0.518. The number of nitrogens with one attached hydrogen (secondary N) is 1. The Balaban J connectivity index is 2.20. The Bertz CT molecular complexity index is 264. The predicted octanol–water partition coefficient (Wildman–Crippen LogP) is 1.98. The van der Waals surface area contributed by atoms with Crippen LogP contribution >= 0.6 is 11.8 Å². The lowest BCUT2D eigenvalue weighted by atomic mass is 10.2. The molecule has 1 heterocycles. The van der Waals surface area contributed by atoms with Gasteiger partial charge in [0.2, 0.25) is 5.16 Å². The van der Waals surface area contributed by atoms with Crippen molar-refractivity contribution in [1.29, 1.82) is 0 Å². The molecule has 5 nitrogen and oxygen atoms in total. The van der Waals surface area contributed by atoms with Gasteiger partial charge in [0, 0.05) is 6.54 Å². The van der Waals surface area contributed by atoms with Crippen LogP contribution in [0.3, 0.4) is 0 Å². The van der Waals surface area contributed by atoms with Crippen LogP contribution in [0.5, 0.6) is 0 Å². The molecule has 0 amide bonds. The van der Waals surface area contributed by atoms with Gasteiger partial charge in [-0.05, 0) is 12.7 Å². The van der Waals surface area contributed by atoms with Gasteiger partial charge < -0.3 is 5.32 Å². The molecule has 0 bridgehead atoms. The molecule has 15 heavy (non-hydrogen) atoms. The molecular weight excluding hydrogens is 210 g/mol. The Morgan fingerprint density at radius 3 is 2.40 bits per heavy atom. The zero-order valence-electron chi connectivity index (χ0n) is 9.23. The Kier molecular flexibility index (Phi) is 5.99. The molecule has 0 saturated carbocycles. The molecule has 1 aromatic rings. The van der Waals surface area contributed by atoms with Gasteiger partial charge in [-0.2, -0.15) is 0 Å². The quantitative estimate of drug-likeness (QED) is 0.567. The van der Waals surface area contributed by atoms with Crippen LogP contribution in [0.15, 0.2) is 5.16 Å². The fourth-order valence-corrected chi connectivity index (χ4v) is 1.37. The van der Waals surface area contributed by atoms with Crippen LogP contribution in [-0.2, 0) is 0 Å². The number of hydrogen-bond donors (Lipinski definition) is 1. The standard InChI is InChI=1S/C9H17N5S/c1-3-4-5-6-7-10-8-11-13-9(15-2)14-12-8/h3-7H2,1-2H3,(H,10,11,12). The maximum absolute atomic E-state index is 3.91. The van der Waals surface area contributed by atoms with E-state index < -0.39 is 0 Å². The summed E-state index contributed by atoms with van der Waals surface area (Å²) in [7, 11) is 0. The van der Waals surface area contributed by atoms with Crippen molar-refractivity contribution >= 4 is 17.7 Å². The minimum atomic E-state index is 0.518. The number of nitrogens with zero attached hydrogens (tertiary/aromatic N) is 4. The van der Waals surface area contributed by atoms with E-state index in [1.807, 2.05) is 6.26 Å². The van der Waals surface area contributed by atoms with E-state index in [2.05, 4.69) is 32.6 Å². The predicted molar refractivity (Wildman–Crippen MR) is 62.0 cm³/mol. The highest BCUT2D eigenvalue weighted by Crippen LogP contribution is 2.05. The van der Waals surface area contributed by atoms with Crippen molar-refractivity contribution in [3.63, 3.8) is 0 Å². The molecule has 1 N–H and O–H groups in total. The Morgan fingerprint density at radius 2 is 1.80 bits per heavy atom. The topological polar surface area (TPSA) is 63.6 Å². The van der Waals surface area contributed by atoms with Crippen molar-refractivity contribution in [2.24, 2.45) is 0 Å². The fraction of sp³-hybridized carbons (Fsp3) is 0.778. The highest BCUT2D eigenvalue weighted by atomic mass is 32.2. The Hall–Kier alpha value is -0.910. The molecule has 0 aliphatic heterocycles. The summed E-state index contributed by atoms with van der Waals surface area (Å²) >= 11 is 1.44. The van der Waals surface area contributed by atoms with Gasteiger partial charge in [0.15, 0.2) is 0 Å². The highest BCUT2D eigenvalue weighted by Gasteiger charge is 1.98. The van der Waals surface area contributed by atoms with E-state index in [1.54, 1.807) is 0 Å². The molecule has 0 aliphatic rings. The smallest absolute Gasteiger partial charge is 0.262 e. The maximum atomic E-state index is 3.91. The van der Waals surface area contributed by atoms with E-state index >= 15 is 0 Å². The third-order valence-corrected chi connectivity index (χ3v) is 2.49. The third kappa shape index (κ3) is 4.92. The van der Waals surface area contributed by atoms with Crippen LogP contribution in [0.25, 0.3) is 0 Å². The third-order valence-electron chi connectivity index (χ3n) is 1.96. The van der Waals surface area contributed by atoms with Crippen LogP contribution in [0, 0.1) is 0 Å². The van der Waals surface area contributed by atoms with E-state index in [1.165, 1.54) is 31.0 Å². The number of hydrogen-bond acceptors (Lipinski definition) is 6. The first kappa shape index (κ1) is 12.2. The van der Waals surface area contributed by atoms with Crippen LogP contribution in [0.1, 0.15) is 32.6 Å². The summed E-state index contributed by atoms with van der Waals surface area (Å²) in [6, 6.07) is 0. The van der Waals surface area contributed by atoms with Gasteiger partial charge >= 0.3 is 0 Å². The lowest BCUT2D eigenvalue weighted by Gasteiger charge is -2.02.